The number of aromatic nitrogens is 4. The number of benzene rings is 1. The lowest BCUT2D eigenvalue weighted by atomic mass is 10.2. The molecule has 0 aliphatic heterocycles. The van der Waals surface area contributed by atoms with Crippen LogP contribution in [-0.4, -0.2) is 37.9 Å². The minimum Gasteiger partial charge on any atom is -0.351 e. The fraction of sp³-hybridized carbons (Fsp3) is 0.364. The molecule has 8 nitrogen and oxygen atoms in total. The number of nitrogens with one attached hydrogen (secondary N) is 2. The Morgan fingerprint density at radius 3 is 2.43 bits per heavy atom. The summed E-state index contributed by atoms with van der Waals surface area (Å²) < 4.78 is 3.51. The number of nitrogens with zero attached hydrogens (tertiary/aromatic N) is 4. The van der Waals surface area contributed by atoms with Gasteiger partial charge in [0, 0.05) is 30.8 Å². The summed E-state index contributed by atoms with van der Waals surface area (Å²) in [5.41, 5.74) is 3.11. The number of amides is 2. The standard InChI is InChI=1S/C22H28N6O2/c1-15(2)21(29)24-20-14-19(26-28(20)18-9-6-5-7-10-18)22(30)23-11-8-12-27-17(4)13-16(3)25-27/h5-7,9-10,13-15H,8,11-12H2,1-4H3,(H,23,30)(H,24,29). The van der Waals surface area contributed by atoms with Gasteiger partial charge < -0.3 is 10.6 Å². The van der Waals surface area contributed by atoms with Gasteiger partial charge in [0.15, 0.2) is 5.69 Å². The highest BCUT2D eigenvalue weighted by molar-refractivity contribution is 5.96. The fourth-order valence-corrected chi connectivity index (χ4v) is 3.04. The third-order valence-electron chi connectivity index (χ3n) is 4.65. The molecule has 1 aromatic carbocycles. The van der Waals surface area contributed by atoms with Gasteiger partial charge in [-0.1, -0.05) is 32.0 Å². The van der Waals surface area contributed by atoms with E-state index in [0.717, 1.165) is 30.0 Å². The Bertz CT molecular complexity index is 1020. The Morgan fingerprint density at radius 2 is 1.80 bits per heavy atom. The van der Waals surface area contributed by atoms with Gasteiger partial charge >= 0.3 is 0 Å². The molecule has 2 amide bonds. The molecule has 0 bridgehead atoms. The Kier molecular flexibility index (Phi) is 6.66. The van der Waals surface area contributed by atoms with E-state index < -0.39 is 0 Å². The summed E-state index contributed by atoms with van der Waals surface area (Å²) >= 11 is 0. The first-order valence-electron chi connectivity index (χ1n) is 10.1. The average Bonchev–Trinajstić information content (AvgIpc) is 3.28. The first-order valence-corrected chi connectivity index (χ1v) is 10.1. The molecule has 2 heterocycles. The molecular formula is C22H28N6O2. The molecular weight excluding hydrogens is 380 g/mol. The number of anilines is 1. The van der Waals surface area contributed by atoms with Crippen molar-refractivity contribution < 1.29 is 9.59 Å². The predicted molar refractivity (Wildman–Crippen MR) is 116 cm³/mol. The predicted octanol–water partition coefficient (Wildman–Crippen LogP) is 3.10. The second kappa shape index (κ2) is 9.39. The summed E-state index contributed by atoms with van der Waals surface area (Å²) in [5.74, 6) is -0.134. The third kappa shape index (κ3) is 5.14. The zero-order valence-corrected chi connectivity index (χ0v) is 17.8. The van der Waals surface area contributed by atoms with Crippen LogP contribution in [-0.2, 0) is 11.3 Å². The van der Waals surface area contributed by atoms with Gasteiger partial charge in [-0.25, -0.2) is 4.68 Å². The van der Waals surface area contributed by atoms with Crippen LogP contribution < -0.4 is 10.6 Å². The van der Waals surface area contributed by atoms with Crippen LogP contribution in [0.3, 0.4) is 0 Å². The summed E-state index contributed by atoms with van der Waals surface area (Å²) in [6, 6.07) is 13.0. The van der Waals surface area contributed by atoms with Gasteiger partial charge in [0.2, 0.25) is 5.91 Å². The molecule has 3 aromatic rings. The number of aryl methyl sites for hydroxylation is 3. The van der Waals surface area contributed by atoms with E-state index in [4.69, 9.17) is 0 Å². The van der Waals surface area contributed by atoms with Crippen LogP contribution in [0.15, 0.2) is 42.5 Å². The molecule has 0 spiro atoms. The van der Waals surface area contributed by atoms with E-state index in [-0.39, 0.29) is 23.4 Å². The maximum atomic E-state index is 12.6. The Balaban J connectivity index is 1.68. The largest absolute Gasteiger partial charge is 0.351 e. The van der Waals surface area contributed by atoms with Crippen molar-refractivity contribution in [1.29, 1.82) is 0 Å². The highest BCUT2D eigenvalue weighted by Gasteiger charge is 2.18. The number of carbonyl (C=O) groups excluding carboxylic acids is 2. The molecule has 0 aliphatic rings. The highest BCUT2D eigenvalue weighted by Crippen LogP contribution is 2.18. The Morgan fingerprint density at radius 1 is 1.07 bits per heavy atom. The van der Waals surface area contributed by atoms with Gasteiger partial charge in [0.1, 0.15) is 5.82 Å². The highest BCUT2D eigenvalue weighted by atomic mass is 16.2. The first-order chi connectivity index (χ1) is 14.3. The van der Waals surface area contributed by atoms with Crippen LogP contribution in [0, 0.1) is 19.8 Å². The van der Waals surface area contributed by atoms with Crippen molar-refractivity contribution in [2.45, 2.75) is 40.7 Å². The lowest BCUT2D eigenvalue weighted by Crippen LogP contribution is -2.26. The van der Waals surface area contributed by atoms with Crippen LogP contribution in [0.5, 0.6) is 0 Å². The molecule has 158 valence electrons. The SMILES string of the molecule is Cc1cc(C)n(CCCNC(=O)c2cc(NC(=O)C(C)C)n(-c3ccccc3)n2)n1. The van der Waals surface area contributed by atoms with Crippen LogP contribution in [0.25, 0.3) is 5.69 Å². The molecule has 0 saturated carbocycles. The number of carbonyl (C=O) groups is 2. The molecule has 2 N–H and O–H groups in total. The van der Waals surface area contributed by atoms with E-state index in [1.165, 1.54) is 0 Å². The van der Waals surface area contributed by atoms with Crippen molar-refractivity contribution in [2.75, 3.05) is 11.9 Å². The first kappa shape index (κ1) is 21.3. The second-order valence-corrected chi connectivity index (χ2v) is 7.57. The molecule has 30 heavy (non-hydrogen) atoms. The second-order valence-electron chi connectivity index (χ2n) is 7.57. The molecule has 0 aliphatic carbocycles. The lowest BCUT2D eigenvalue weighted by Gasteiger charge is -2.10. The van der Waals surface area contributed by atoms with Crippen molar-refractivity contribution in [3.63, 3.8) is 0 Å². The van der Waals surface area contributed by atoms with Crippen LogP contribution in [0.4, 0.5) is 5.82 Å². The molecule has 2 aromatic heterocycles. The van der Waals surface area contributed by atoms with Crippen molar-refractivity contribution in [3.8, 4) is 5.69 Å². The van der Waals surface area contributed by atoms with Gasteiger partial charge in [-0.15, -0.1) is 0 Å². The quantitative estimate of drug-likeness (QED) is 0.560. The van der Waals surface area contributed by atoms with E-state index in [2.05, 4.69) is 20.8 Å². The Labute approximate surface area is 176 Å². The number of para-hydroxylation sites is 1. The summed E-state index contributed by atoms with van der Waals surface area (Å²) in [4.78, 5) is 24.8. The van der Waals surface area contributed by atoms with Gasteiger partial charge in [-0.2, -0.15) is 10.2 Å². The monoisotopic (exact) mass is 408 g/mol. The normalized spacial score (nSPS) is 11.0. The summed E-state index contributed by atoms with van der Waals surface area (Å²) in [6.45, 7) is 8.84. The molecule has 0 unspecified atom stereocenters. The molecule has 0 fully saturated rings. The van der Waals surface area contributed by atoms with E-state index in [1.54, 1.807) is 10.7 Å². The number of hydrogen-bond donors (Lipinski definition) is 2. The van der Waals surface area contributed by atoms with Gasteiger partial charge in [-0.05, 0) is 38.5 Å². The summed E-state index contributed by atoms with van der Waals surface area (Å²) in [6.07, 6.45) is 0.754. The Hall–Kier alpha value is -3.42. The minimum absolute atomic E-state index is 0.135. The number of rotatable bonds is 8. The van der Waals surface area contributed by atoms with E-state index >= 15 is 0 Å². The summed E-state index contributed by atoms with van der Waals surface area (Å²) in [5, 5.41) is 14.6. The number of hydrogen-bond acceptors (Lipinski definition) is 4. The molecule has 0 radical (unpaired) electrons. The average molecular weight is 409 g/mol. The smallest absolute Gasteiger partial charge is 0.271 e. The molecule has 0 saturated heterocycles. The molecule has 0 atom stereocenters. The van der Waals surface area contributed by atoms with Crippen molar-refractivity contribution in [3.05, 3.63) is 59.5 Å². The van der Waals surface area contributed by atoms with E-state index in [0.29, 0.717) is 12.4 Å². The van der Waals surface area contributed by atoms with Gasteiger partial charge in [-0.3, -0.25) is 14.3 Å². The maximum absolute atomic E-state index is 12.6. The third-order valence-corrected chi connectivity index (χ3v) is 4.65. The van der Waals surface area contributed by atoms with Crippen molar-refractivity contribution in [1.82, 2.24) is 24.9 Å². The van der Waals surface area contributed by atoms with Crippen LogP contribution in [0.1, 0.15) is 42.1 Å². The zero-order chi connectivity index (χ0) is 21.7. The van der Waals surface area contributed by atoms with Gasteiger partial charge in [0.25, 0.3) is 5.91 Å². The van der Waals surface area contributed by atoms with E-state index in [1.807, 2.05) is 68.8 Å². The fourth-order valence-electron chi connectivity index (χ4n) is 3.04. The van der Waals surface area contributed by atoms with Crippen molar-refractivity contribution in [2.24, 2.45) is 5.92 Å². The van der Waals surface area contributed by atoms with Crippen LogP contribution >= 0.6 is 0 Å². The maximum Gasteiger partial charge on any atom is 0.271 e. The minimum atomic E-state index is -0.280. The molecule has 3 rings (SSSR count). The van der Waals surface area contributed by atoms with Crippen molar-refractivity contribution >= 4 is 17.6 Å². The van der Waals surface area contributed by atoms with E-state index in [9.17, 15) is 9.59 Å². The molecule has 8 heteroatoms. The van der Waals surface area contributed by atoms with Gasteiger partial charge in [0.05, 0.1) is 11.4 Å². The van der Waals surface area contributed by atoms with Crippen LogP contribution in [0.2, 0.25) is 0 Å². The topological polar surface area (TPSA) is 93.8 Å². The summed E-state index contributed by atoms with van der Waals surface area (Å²) in [7, 11) is 0. The zero-order valence-electron chi connectivity index (χ0n) is 17.8. The lowest BCUT2D eigenvalue weighted by molar-refractivity contribution is -0.118.